The molecule has 3 rings (SSSR count). The molecule has 3 aromatic rings. The maximum atomic E-state index is 13.6. The molecule has 0 saturated heterocycles. The first-order valence-electron chi connectivity index (χ1n) is 8.32. The molecule has 0 saturated carbocycles. The van der Waals surface area contributed by atoms with Crippen LogP contribution in [0.2, 0.25) is 0 Å². The number of carbonyl (C=O) groups is 2. The number of pyridine rings is 1. The van der Waals surface area contributed by atoms with E-state index in [-0.39, 0.29) is 11.6 Å². The molecule has 0 unspecified atom stereocenters. The Balaban J connectivity index is 1.64. The average Bonchev–Trinajstić information content (AvgIpc) is 3.10. The zero-order chi connectivity index (χ0) is 20.4. The third kappa shape index (κ3) is 3.80. The van der Waals surface area contributed by atoms with Crippen LogP contribution in [0.1, 0.15) is 30.2 Å². The van der Waals surface area contributed by atoms with Gasteiger partial charge in [0.1, 0.15) is 0 Å². The molecule has 0 spiro atoms. The molecule has 146 valence electrons. The molecule has 1 aromatic carbocycles. The monoisotopic (exact) mass is 391 g/mol. The number of carbonyl (C=O) groups excluding carboxylic acids is 2. The number of aromatic nitrogens is 3. The quantitative estimate of drug-likeness (QED) is 0.655. The third-order valence-corrected chi connectivity index (χ3v) is 3.90. The molecule has 7 nitrogen and oxygen atoms in total. The maximum absolute atomic E-state index is 13.6. The van der Waals surface area contributed by atoms with E-state index in [1.165, 1.54) is 6.20 Å². The molecule has 2 aromatic heterocycles. The highest BCUT2D eigenvalue weighted by Crippen LogP contribution is 2.19. The van der Waals surface area contributed by atoms with Crippen molar-refractivity contribution in [2.24, 2.45) is 0 Å². The molecule has 2 heterocycles. The molecule has 0 bridgehead atoms. The van der Waals surface area contributed by atoms with Crippen molar-refractivity contribution in [2.75, 3.05) is 11.9 Å². The molecule has 2 amide bonds. The first kappa shape index (κ1) is 19.3. The van der Waals surface area contributed by atoms with Gasteiger partial charge in [0, 0.05) is 17.6 Å². The summed E-state index contributed by atoms with van der Waals surface area (Å²) in [7, 11) is 0. The van der Waals surface area contributed by atoms with Crippen LogP contribution >= 0.6 is 0 Å². The van der Waals surface area contributed by atoms with Gasteiger partial charge in [0.05, 0.1) is 24.0 Å². The summed E-state index contributed by atoms with van der Waals surface area (Å²) >= 11 is 0. The Morgan fingerprint density at radius 1 is 1.14 bits per heavy atom. The van der Waals surface area contributed by atoms with Crippen molar-refractivity contribution in [3.8, 4) is 0 Å². The first-order chi connectivity index (χ1) is 13.3. The molecule has 10 heteroatoms. The fraction of sp³-hybridized carbons (Fsp3) is 0.222. The lowest BCUT2D eigenvalue weighted by atomic mass is 10.2. The van der Waals surface area contributed by atoms with E-state index in [9.17, 15) is 22.8 Å². The number of nitrogens with one attached hydrogen (secondary N) is 2. The Bertz CT molecular complexity index is 1060. The second kappa shape index (κ2) is 7.67. The average molecular weight is 391 g/mol. The van der Waals surface area contributed by atoms with Gasteiger partial charge in [-0.3, -0.25) is 9.59 Å². The number of nitrogens with zero attached hydrogens (tertiary/aromatic N) is 3. The topological polar surface area (TPSA) is 88.9 Å². The van der Waals surface area contributed by atoms with Crippen molar-refractivity contribution >= 4 is 28.5 Å². The van der Waals surface area contributed by atoms with Crippen LogP contribution in [-0.2, 0) is 4.79 Å². The summed E-state index contributed by atoms with van der Waals surface area (Å²) in [6.07, 6.45) is 2.93. The highest BCUT2D eigenvalue weighted by molar-refractivity contribution is 6.00. The molecule has 0 aliphatic heterocycles. The van der Waals surface area contributed by atoms with Crippen molar-refractivity contribution in [3.05, 3.63) is 53.6 Å². The van der Waals surface area contributed by atoms with Crippen LogP contribution in [-0.4, -0.2) is 33.1 Å². The largest absolute Gasteiger partial charge is 0.343 e. The Morgan fingerprint density at radius 2 is 1.89 bits per heavy atom. The molecule has 2 N–H and O–H groups in total. The number of benzene rings is 1. The normalized spacial score (nSPS) is 11.1. The van der Waals surface area contributed by atoms with Crippen LogP contribution in [0.4, 0.5) is 18.9 Å². The number of halogens is 3. The Morgan fingerprint density at radius 3 is 2.61 bits per heavy atom. The Hall–Kier alpha value is -3.43. The van der Waals surface area contributed by atoms with Gasteiger partial charge in [-0.15, -0.1) is 0 Å². The van der Waals surface area contributed by atoms with E-state index in [0.29, 0.717) is 17.1 Å². The zero-order valence-corrected chi connectivity index (χ0v) is 15.0. The van der Waals surface area contributed by atoms with Crippen molar-refractivity contribution in [1.29, 1.82) is 0 Å². The second-order valence-electron chi connectivity index (χ2n) is 6.27. The molecule has 28 heavy (non-hydrogen) atoms. The fourth-order valence-corrected chi connectivity index (χ4v) is 2.52. The van der Waals surface area contributed by atoms with Crippen LogP contribution < -0.4 is 10.6 Å². The maximum Gasteiger partial charge on any atom is 0.253 e. The smallest absolute Gasteiger partial charge is 0.253 e. The summed E-state index contributed by atoms with van der Waals surface area (Å²) < 4.78 is 41.3. The lowest BCUT2D eigenvalue weighted by Crippen LogP contribution is -2.33. The van der Waals surface area contributed by atoms with E-state index in [2.05, 4.69) is 20.7 Å². The summed E-state index contributed by atoms with van der Waals surface area (Å²) in [5.74, 6) is -5.96. The summed E-state index contributed by atoms with van der Waals surface area (Å²) in [5, 5.41) is 9.28. The minimum atomic E-state index is -1.69. The number of fused-ring (bicyclic) bond motifs is 1. The Kier molecular flexibility index (Phi) is 5.30. The fourth-order valence-electron chi connectivity index (χ4n) is 2.52. The highest BCUT2D eigenvalue weighted by atomic mass is 19.2. The van der Waals surface area contributed by atoms with Gasteiger partial charge in [0.2, 0.25) is 5.91 Å². The molecular weight excluding hydrogens is 375 g/mol. The summed E-state index contributed by atoms with van der Waals surface area (Å²) in [6, 6.07) is 3.25. The van der Waals surface area contributed by atoms with E-state index in [4.69, 9.17) is 0 Å². The van der Waals surface area contributed by atoms with E-state index in [1.807, 2.05) is 13.8 Å². The van der Waals surface area contributed by atoms with Crippen LogP contribution in [0.25, 0.3) is 11.0 Å². The summed E-state index contributed by atoms with van der Waals surface area (Å²) in [4.78, 5) is 28.3. The molecule has 0 aliphatic rings. The van der Waals surface area contributed by atoms with Gasteiger partial charge in [-0.1, -0.05) is 0 Å². The van der Waals surface area contributed by atoms with E-state index in [0.717, 1.165) is 6.07 Å². The highest BCUT2D eigenvalue weighted by Gasteiger charge is 2.16. The molecule has 0 radical (unpaired) electrons. The lowest BCUT2D eigenvalue weighted by molar-refractivity contribution is -0.115. The molecule has 0 aliphatic carbocycles. The SMILES string of the molecule is CC(C)n1ncc2cc(C(=O)NCC(=O)Nc3ccc(F)c(F)c3F)cnc21. The van der Waals surface area contributed by atoms with Crippen molar-refractivity contribution in [3.63, 3.8) is 0 Å². The van der Waals surface area contributed by atoms with Gasteiger partial charge in [0.25, 0.3) is 5.91 Å². The van der Waals surface area contributed by atoms with E-state index >= 15 is 0 Å². The predicted octanol–water partition coefficient (Wildman–Crippen LogP) is 2.80. The molecule has 0 fully saturated rings. The second-order valence-corrected chi connectivity index (χ2v) is 6.27. The van der Waals surface area contributed by atoms with Gasteiger partial charge in [-0.25, -0.2) is 22.8 Å². The minimum absolute atomic E-state index is 0.102. The number of amides is 2. The number of hydrogen-bond acceptors (Lipinski definition) is 4. The molecule has 0 atom stereocenters. The van der Waals surface area contributed by atoms with Crippen LogP contribution in [0.3, 0.4) is 0 Å². The van der Waals surface area contributed by atoms with Gasteiger partial charge >= 0.3 is 0 Å². The first-order valence-corrected chi connectivity index (χ1v) is 8.32. The predicted molar refractivity (Wildman–Crippen MR) is 95.2 cm³/mol. The van der Waals surface area contributed by atoms with Crippen molar-refractivity contribution in [2.45, 2.75) is 19.9 Å². The van der Waals surface area contributed by atoms with Gasteiger partial charge in [-0.2, -0.15) is 5.10 Å². The minimum Gasteiger partial charge on any atom is -0.343 e. The Labute approximate surface area is 157 Å². The van der Waals surface area contributed by atoms with E-state index < -0.39 is 41.5 Å². The van der Waals surface area contributed by atoms with E-state index in [1.54, 1.807) is 16.9 Å². The summed E-state index contributed by atoms with van der Waals surface area (Å²) in [6.45, 7) is 3.40. The molecular formula is C18H16F3N5O2. The van der Waals surface area contributed by atoms with Crippen molar-refractivity contribution < 1.29 is 22.8 Å². The van der Waals surface area contributed by atoms with Crippen LogP contribution in [0.15, 0.2) is 30.6 Å². The van der Waals surface area contributed by atoms with Gasteiger partial charge < -0.3 is 10.6 Å². The van der Waals surface area contributed by atoms with Crippen LogP contribution in [0.5, 0.6) is 0 Å². The number of anilines is 1. The van der Waals surface area contributed by atoms with Gasteiger partial charge in [-0.05, 0) is 32.0 Å². The summed E-state index contributed by atoms with van der Waals surface area (Å²) in [5.41, 5.74) is 0.308. The van der Waals surface area contributed by atoms with Crippen LogP contribution in [0, 0.1) is 17.5 Å². The standard InChI is InChI=1S/C18H16F3N5O2/c1-9(2)26-17-10(7-24-26)5-11(6-22-17)18(28)23-8-14(27)25-13-4-3-12(19)15(20)16(13)21/h3-7,9H,8H2,1-2H3,(H,23,28)(H,25,27). The zero-order valence-electron chi connectivity index (χ0n) is 15.0. The van der Waals surface area contributed by atoms with Crippen molar-refractivity contribution in [1.82, 2.24) is 20.1 Å². The van der Waals surface area contributed by atoms with Gasteiger partial charge in [0.15, 0.2) is 23.1 Å². The third-order valence-electron chi connectivity index (χ3n) is 3.90. The number of hydrogen-bond donors (Lipinski definition) is 2. The number of rotatable bonds is 5. The lowest BCUT2D eigenvalue weighted by Gasteiger charge is -2.09.